The molecule has 1 unspecified atom stereocenters. The molecule has 0 fully saturated rings. The van der Waals surface area contributed by atoms with Crippen LogP contribution in [0.5, 0.6) is 5.75 Å². The number of hydrogen-bond acceptors (Lipinski definition) is 3. The Bertz CT molecular complexity index is 349. The average Bonchev–Trinajstić information content (AvgIpc) is 2.36. The molecule has 1 aromatic carbocycles. The van der Waals surface area contributed by atoms with Crippen LogP contribution >= 0.6 is 0 Å². The molecular formula is C13H20N2O2. The second-order valence-corrected chi connectivity index (χ2v) is 3.84. The minimum atomic E-state index is -0.00447. The Morgan fingerprint density at radius 3 is 2.53 bits per heavy atom. The standard InChI is InChI=1S/C13H20N2O2/c1-3-12(15-13(16)8-9-14)10-4-6-11(17-2)7-5-10/h4-7,12H,3,8-9,14H2,1-2H3,(H,15,16). The van der Waals surface area contributed by atoms with E-state index in [1.54, 1.807) is 7.11 Å². The number of hydrogen-bond donors (Lipinski definition) is 2. The van der Waals surface area contributed by atoms with Crippen LogP contribution in [0.15, 0.2) is 24.3 Å². The van der Waals surface area contributed by atoms with E-state index in [4.69, 9.17) is 10.5 Å². The van der Waals surface area contributed by atoms with Crippen molar-refractivity contribution in [1.29, 1.82) is 0 Å². The maximum Gasteiger partial charge on any atom is 0.221 e. The fourth-order valence-corrected chi connectivity index (χ4v) is 1.65. The van der Waals surface area contributed by atoms with Gasteiger partial charge in [-0.1, -0.05) is 19.1 Å². The van der Waals surface area contributed by atoms with Crippen molar-refractivity contribution in [2.75, 3.05) is 13.7 Å². The molecule has 0 aliphatic heterocycles. The van der Waals surface area contributed by atoms with E-state index in [0.717, 1.165) is 17.7 Å². The molecule has 17 heavy (non-hydrogen) atoms. The summed E-state index contributed by atoms with van der Waals surface area (Å²) in [6, 6.07) is 7.77. The van der Waals surface area contributed by atoms with Crippen molar-refractivity contribution in [2.45, 2.75) is 25.8 Å². The SMILES string of the molecule is CCC(NC(=O)CCN)c1ccc(OC)cc1. The molecule has 1 atom stereocenters. The first-order valence-corrected chi connectivity index (χ1v) is 5.84. The molecule has 0 spiro atoms. The summed E-state index contributed by atoms with van der Waals surface area (Å²) in [5, 5.41) is 2.96. The van der Waals surface area contributed by atoms with Crippen molar-refractivity contribution in [2.24, 2.45) is 5.73 Å². The molecule has 4 nitrogen and oxygen atoms in total. The highest BCUT2D eigenvalue weighted by Gasteiger charge is 2.11. The molecule has 0 radical (unpaired) electrons. The summed E-state index contributed by atoms with van der Waals surface area (Å²) in [7, 11) is 1.63. The fourth-order valence-electron chi connectivity index (χ4n) is 1.65. The summed E-state index contributed by atoms with van der Waals surface area (Å²) >= 11 is 0. The summed E-state index contributed by atoms with van der Waals surface area (Å²) in [4.78, 5) is 11.5. The van der Waals surface area contributed by atoms with E-state index < -0.39 is 0 Å². The molecule has 0 heterocycles. The minimum absolute atomic E-state index is 0.00447. The van der Waals surface area contributed by atoms with Crippen LogP contribution in [0.25, 0.3) is 0 Å². The quantitative estimate of drug-likeness (QED) is 0.788. The van der Waals surface area contributed by atoms with Crippen molar-refractivity contribution < 1.29 is 9.53 Å². The van der Waals surface area contributed by atoms with Gasteiger partial charge in [0, 0.05) is 13.0 Å². The lowest BCUT2D eigenvalue weighted by atomic mass is 10.0. The van der Waals surface area contributed by atoms with Crippen LogP contribution in [-0.2, 0) is 4.79 Å². The number of benzene rings is 1. The van der Waals surface area contributed by atoms with Crippen LogP contribution in [0.4, 0.5) is 0 Å². The van der Waals surface area contributed by atoms with E-state index in [0.29, 0.717) is 13.0 Å². The van der Waals surface area contributed by atoms with E-state index in [1.807, 2.05) is 31.2 Å². The third kappa shape index (κ3) is 4.07. The van der Waals surface area contributed by atoms with E-state index in [2.05, 4.69) is 5.32 Å². The van der Waals surface area contributed by atoms with Crippen molar-refractivity contribution in [3.05, 3.63) is 29.8 Å². The van der Waals surface area contributed by atoms with Gasteiger partial charge in [-0.05, 0) is 24.1 Å². The number of carbonyl (C=O) groups is 1. The number of carbonyl (C=O) groups excluding carboxylic acids is 1. The van der Waals surface area contributed by atoms with Gasteiger partial charge in [-0.3, -0.25) is 4.79 Å². The van der Waals surface area contributed by atoms with Gasteiger partial charge in [-0.2, -0.15) is 0 Å². The lowest BCUT2D eigenvalue weighted by Gasteiger charge is -2.17. The lowest BCUT2D eigenvalue weighted by Crippen LogP contribution is -2.29. The molecule has 1 rings (SSSR count). The van der Waals surface area contributed by atoms with Gasteiger partial charge in [0.25, 0.3) is 0 Å². The highest BCUT2D eigenvalue weighted by Crippen LogP contribution is 2.20. The van der Waals surface area contributed by atoms with Gasteiger partial charge in [-0.15, -0.1) is 0 Å². The second-order valence-electron chi connectivity index (χ2n) is 3.84. The predicted octanol–water partition coefficient (Wildman–Crippen LogP) is 1.61. The Labute approximate surface area is 102 Å². The first-order valence-electron chi connectivity index (χ1n) is 5.84. The Kier molecular flexibility index (Phi) is 5.49. The fraction of sp³-hybridized carbons (Fsp3) is 0.462. The van der Waals surface area contributed by atoms with Crippen LogP contribution in [0.3, 0.4) is 0 Å². The third-order valence-electron chi connectivity index (χ3n) is 2.63. The van der Waals surface area contributed by atoms with Gasteiger partial charge >= 0.3 is 0 Å². The number of rotatable bonds is 6. The number of methoxy groups -OCH3 is 1. The molecule has 0 aliphatic rings. The lowest BCUT2D eigenvalue weighted by molar-refractivity contribution is -0.121. The second kappa shape index (κ2) is 6.91. The monoisotopic (exact) mass is 236 g/mol. The highest BCUT2D eigenvalue weighted by atomic mass is 16.5. The molecule has 3 N–H and O–H groups in total. The highest BCUT2D eigenvalue weighted by molar-refractivity contribution is 5.76. The van der Waals surface area contributed by atoms with Crippen molar-refractivity contribution >= 4 is 5.91 Å². The van der Waals surface area contributed by atoms with Gasteiger partial charge in [0.1, 0.15) is 5.75 Å². The average molecular weight is 236 g/mol. The first-order chi connectivity index (χ1) is 8.21. The van der Waals surface area contributed by atoms with Crippen LogP contribution < -0.4 is 15.8 Å². The van der Waals surface area contributed by atoms with Gasteiger partial charge in [-0.25, -0.2) is 0 Å². The smallest absolute Gasteiger partial charge is 0.221 e. The number of ether oxygens (including phenoxy) is 1. The van der Waals surface area contributed by atoms with Crippen LogP contribution in [-0.4, -0.2) is 19.6 Å². The van der Waals surface area contributed by atoms with E-state index in [1.165, 1.54) is 0 Å². The van der Waals surface area contributed by atoms with Crippen molar-refractivity contribution in [3.8, 4) is 5.75 Å². The Morgan fingerprint density at radius 1 is 1.41 bits per heavy atom. The van der Waals surface area contributed by atoms with Gasteiger partial charge in [0.05, 0.1) is 13.2 Å². The summed E-state index contributed by atoms with van der Waals surface area (Å²) in [5.41, 5.74) is 6.43. The zero-order valence-corrected chi connectivity index (χ0v) is 10.4. The predicted molar refractivity (Wildman–Crippen MR) is 67.8 cm³/mol. The number of amides is 1. The molecule has 0 saturated carbocycles. The van der Waals surface area contributed by atoms with Gasteiger partial charge < -0.3 is 15.8 Å². The van der Waals surface area contributed by atoms with Crippen molar-refractivity contribution in [1.82, 2.24) is 5.32 Å². The van der Waals surface area contributed by atoms with Crippen molar-refractivity contribution in [3.63, 3.8) is 0 Å². The zero-order chi connectivity index (χ0) is 12.7. The van der Waals surface area contributed by atoms with E-state index >= 15 is 0 Å². The number of nitrogens with one attached hydrogen (secondary N) is 1. The molecule has 0 saturated heterocycles. The molecule has 1 amide bonds. The van der Waals surface area contributed by atoms with Crippen LogP contribution in [0.1, 0.15) is 31.4 Å². The summed E-state index contributed by atoms with van der Waals surface area (Å²) in [6.45, 7) is 2.42. The maximum absolute atomic E-state index is 11.5. The topological polar surface area (TPSA) is 64.4 Å². The van der Waals surface area contributed by atoms with E-state index in [9.17, 15) is 4.79 Å². The summed E-state index contributed by atoms with van der Waals surface area (Å²) < 4.78 is 5.10. The normalized spacial score (nSPS) is 11.9. The summed E-state index contributed by atoms with van der Waals surface area (Å²) in [6.07, 6.45) is 1.22. The largest absolute Gasteiger partial charge is 0.497 e. The van der Waals surface area contributed by atoms with Crippen LogP contribution in [0, 0.1) is 0 Å². The Hall–Kier alpha value is -1.55. The summed E-state index contributed by atoms with van der Waals surface area (Å²) in [5.74, 6) is 0.812. The Balaban J connectivity index is 2.68. The van der Waals surface area contributed by atoms with Crippen LogP contribution in [0.2, 0.25) is 0 Å². The first kappa shape index (κ1) is 13.5. The Morgan fingerprint density at radius 2 is 2.06 bits per heavy atom. The zero-order valence-electron chi connectivity index (χ0n) is 10.4. The molecule has 1 aromatic rings. The molecule has 0 aliphatic carbocycles. The molecule has 4 heteroatoms. The van der Waals surface area contributed by atoms with Gasteiger partial charge in [0.2, 0.25) is 5.91 Å². The third-order valence-corrected chi connectivity index (χ3v) is 2.63. The molecule has 94 valence electrons. The van der Waals surface area contributed by atoms with Gasteiger partial charge in [0.15, 0.2) is 0 Å². The maximum atomic E-state index is 11.5. The van der Waals surface area contributed by atoms with E-state index in [-0.39, 0.29) is 11.9 Å². The number of nitrogens with two attached hydrogens (primary N) is 1. The molecule has 0 aromatic heterocycles. The minimum Gasteiger partial charge on any atom is -0.497 e. The molecular weight excluding hydrogens is 216 g/mol. The molecule has 0 bridgehead atoms.